The Bertz CT molecular complexity index is 722. The number of nitrogens with one attached hydrogen (secondary N) is 1. The second kappa shape index (κ2) is 7.78. The van der Waals surface area contributed by atoms with Crippen LogP contribution in [0.3, 0.4) is 0 Å². The number of amides is 1. The van der Waals surface area contributed by atoms with Gasteiger partial charge in [-0.3, -0.25) is 0 Å². The molecule has 0 bridgehead atoms. The first-order valence-electron chi connectivity index (χ1n) is 7.88. The van der Waals surface area contributed by atoms with Gasteiger partial charge in [0, 0.05) is 12.6 Å². The van der Waals surface area contributed by atoms with Gasteiger partial charge in [0.2, 0.25) is 0 Å². The molecule has 0 aliphatic rings. The van der Waals surface area contributed by atoms with Crippen molar-refractivity contribution in [2.75, 3.05) is 0 Å². The van der Waals surface area contributed by atoms with Gasteiger partial charge in [-0.05, 0) is 26.3 Å². The molecule has 0 saturated heterocycles. The molecule has 2 aromatic rings. The van der Waals surface area contributed by atoms with Crippen molar-refractivity contribution in [3.05, 3.63) is 47.8 Å². The van der Waals surface area contributed by atoms with E-state index in [0.29, 0.717) is 12.2 Å². The highest BCUT2D eigenvalue weighted by Gasteiger charge is 2.25. The van der Waals surface area contributed by atoms with Gasteiger partial charge in [-0.2, -0.15) is 0 Å². The first-order chi connectivity index (χ1) is 11.7. The number of aliphatic carboxylic acids is 1. The van der Waals surface area contributed by atoms with Crippen LogP contribution in [0.4, 0.5) is 4.79 Å². The molecule has 8 heteroatoms. The minimum absolute atomic E-state index is 0.0172. The zero-order chi connectivity index (χ0) is 18.4. The van der Waals surface area contributed by atoms with Crippen LogP contribution >= 0.6 is 0 Å². The maximum absolute atomic E-state index is 11.8. The third kappa shape index (κ3) is 6.25. The molecule has 1 atom stereocenters. The Kier molecular flexibility index (Phi) is 5.74. The van der Waals surface area contributed by atoms with Crippen LogP contribution in [0.2, 0.25) is 0 Å². The van der Waals surface area contributed by atoms with Gasteiger partial charge < -0.3 is 15.2 Å². The Morgan fingerprint density at radius 1 is 1.28 bits per heavy atom. The summed E-state index contributed by atoms with van der Waals surface area (Å²) in [6, 6.07) is 8.57. The van der Waals surface area contributed by atoms with Gasteiger partial charge in [0.05, 0.1) is 12.2 Å². The molecule has 0 spiro atoms. The molecule has 8 nitrogen and oxygen atoms in total. The summed E-state index contributed by atoms with van der Waals surface area (Å²) in [5.41, 5.74) is 0.825. The molecule has 1 unspecified atom stereocenters. The van der Waals surface area contributed by atoms with Crippen molar-refractivity contribution in [1.29, 1.82) is 0 Å². The molecule has 1 aromatic heterocycles. The van der Waals surface area contributed by atoms with E-state index in [4.69, 9.17) is 4.74 Å². The van der Waals surface area contributed by atoms with Crippen LogP contribution in [0, 0.1) is 0 Å². The fourth-order valence-corrected chi connectivity index (χ4v) is 2.14. The molecule has 2 rings (SSSR count). The number of carboxylic acid groups (broad SMARTS) is 1. The summed E-state index contributed by atoms with van der Waals surface area (Å²) < 4.78 is 6.71. The van der Waals surface area contributed by atoms with Crippen LogP contribution in [-0.4, -0.2) is 43.8 Å². The van der Waals surface area contributed by atoms with Crippen LogP contribution in [0.25, 0.3) is 0 Å². The van der Waals surface area contributed by atoms with E-state index in [-0.39, 0.29) is 6.42 Å². The quantitative estimate of drug-likeness (QED) is 0.827. The molecule has 1 heterocycles. The second-order valence-corrected chi connectivity index (χ2v) is 6.63. The monoisotopic (exact) mass is 346 g/mol. The fourth-order valence-electron chi connectivity index (χ4n) is 2.14. The summed E-state index contributed by atoms with van der Waals surface area (Å²) in [5, 5.41) is 19.6. The Labute approximate surface area is 145 Å². The molecule has 2 N–H and O–H groups in total. The molecule has 25 heavy (non-hydrogen) atoms. The molecular weight excluding hydrogens is 324 g/mol. The highest BCUT2D eigenvalue weighted by molar-refractivity contribution is 5.80. The summed E-state index contributed by atoms with van der Waals surface area (Å²) in [6.45, 7) is 5.65. The van der Waals surface area contributed by atoms with E-state index in [2.05, 4.69) is 15.6 Å². The van der Waals surface area contributed by atoms with E-state index in [1.165, 1.54) is 0 Å². The topological polar surface area (TPSA) is 106 Å². The van der Waals surface area contributed by atoms with Crippen molar-refractivity contribution in [1.82, 2.24) is 20.3 Å². The van der Waals surface area contributed by atoms with Gasteiger partial charge >= 0.3 is 12.1 Å². The van der Waals surface area contributed by atoms with Crippen molar-refractivity contribution < 1.29 is 19.4 Å². The van der Waals surface area contributed by atoms with Gasteiger partial charge in [-0.25, -0.2) is 14.3 Å². The number of hydrogen-bond donors (Lipinski definition) is 2. The number of aromatic nitrogens is 3. The molecule has 0 saturated carbocycles. The fraction of sp³-hybridized carbons (Fsp3) is 0.412. The zero-order valence-corrected chi connectivity index (χ0v) is 14.5. The van der Waals surface area contributed by atoms with Gasteiger partial charge in [0.1, 0.15) is 11.6 Å². The average molecular weight is 346 g/mol. The van der Waals surface area contributed by atoms with Gasteiger partial charge in [0.15, 0.2) is 0 Å². The number of benzene rings is 1. The van der Waals surface area contributed by atoms with Crippen molar-refractivity contribution in [2.24, 2.45) is 0 Å². The van der Waals surface area contributed by atoms with E-state index in [1.54, 1.807) is 31.6 Å². The lowest BCUT2D eigenvalue weighted by atomic mass is 10.1. The number of carboxylic acids is 1. The summed E-state index contributed by atoms with van der Waals surface area (Å²) >= 11 is 0. The number of rotatable bonds is 6. The van der Waals surface area contributed by atoms with Crippen LogP contribution < -0.4 is 5.32 Å². The largest absolute Gasteiger partial charge is 0.480 e. The van der Waals surface area contributed by atoms with E-state index in [9.17, 15) is 14.7 Å². The van der Waals surface area contributed by atoms with Crippen LogP contribution in [0.15, 0.2) is 36.5 Å². The summed E-state index contributed by atoms with van der Waals surface area (Å²) in [7, 11) is 0. The zero-order valence-electron chi connectivity index (χ0n) is 14.5. The third-order valence-electron chi connectivity index (χ3n) is 3.18. The van der Waals surface area contributed by atoms with Crippen LogP contribution in [-0.2, 0) is 22.5 Å². The highest BCUT2D eigenvalue weighted by Crippen LogP contribution is 2.08. The molecule has 134 valence electrons. The Morgan fingerprint density at radius 3 is 2.56 bits per heavy atom. The Morgan fingerprint density at radius 2 is 1.96 bits per heavy atom. The smallest absolute Gasteiger partial charge is 0.408 e. The van der Waals surface area contributed by atoms with Crippen LogP contribution in [0.5, 0.6) is 0 Å². The number of ether oxygens (including phenoxy) is 1. The summed E-state index contributed by atoms with van der Waals surface area (Å²) in [5.74, 6) is -1.16. The normalized spacial score (nSPS) is 12.4. The number of hydrogen-bond acceptors (Lipinski definition) is 5. The Balaban J connectivity index is 1.98. The summed E-state index contributed by atoms with van der Waals surface area (Å²) in [6.07, 6.45) is 0.903. The third-order valence-corrected chi connectivity index (χ3v) is 3.18. The molecule has 0 radical (unpaired) electrons. The van der Waals surface area contributed by atoms with Crippen molar-refractivity contribution >= 4 is 12.1 Å². The molecule has 0 aliphatic heterocycles. The van der Waals surface area contributed by atoms with E-state index < -0.39 is 23.7 Å². The SMILES string of the molecule is CC(C)(C)OC(=O)NC(Cc1cn(Cc2ccccc2)nn1)C(=O)O. The molecule has 1 aromatic carbocycles. The number of alkyl carbamates (subject to hydrolysis) is 1. The molecule has 1 amide bonds. The molecular formula is C17H22N4O4. The molecule has 0 aliphatic carbocycles. The summed E-state index contributed by atoms with van der Waals surface area (Å²) in [4.78, 5) is 23.1. The number of carbonyl (C=O) groups excluding carboxylic acids is 1. The predicted molar refractivity (Wildman–Crippen MR) is 90.1 cm³/mol. The maximum atomic E-state index is 11.8. The van der Waals surface area contributed by atoms with Crippen LogP contribution in [0.1, 0.15) is 32.0 Å². The van der Waals surface area contributed by atoms with Gasteiger partial charge in [-0.1, -0.05) is 35.5 Å². The first-order valence-corrected chi connectivity index (χ1v) is 7.88. The van der Waals surface area contributed by atoms with Crippen molar-refractivity contribution in [3.8, 4) is 0 Å². The second-order valence-electron chi connectivity index (χ2n) is 6.63. The standard InChI is InChI=1S/C17H22N4O4/c1-17(2,3)25-16(24)18-14(15(22)23)9-13-11-21(20-19-13)10-12-7-5-4-6-8-12/h4-8,11,14H,9-10H2,1-3H3,(H,18,24)(H,22,23). The number of nitrogens with zero attached hydrogens (tertiary/aromatic N) is 3. The first kappa shape index (κ1) is 18.4. The van der Waals surface area contributed by atoms with Gasteiger partial charge in [0.25, 0.3) is 0 Å². The van der Waals surface area contributed by atoms with Gasteiger partial charge in [-0.15, -0.1) is 5.10 Å². The lowest BCUT2D eigenvalue weighted by Gasteiger charge is -2.21. The lowest BCUT2D eigenvalue weighted by Crippen LogP contribution is -2.44. The minimum Gasteiger partial charge on any atom is -0.480 e. The Hall–Kier alpha value is -2.90. The highest BCUT2D eigenvalue weighted by atomic mass is 16.6. The molecule has 0 fully saturated rings. The predicted octanol–water partition coefficient (Wildman–Crippen LogP) is 1.85. The van der Waals surface area contributed by atoms with E-state index in [1.807, 2.05) is 30.3 Å². The van der Waals surface area contributed by atoms with E-state index >= 15 is 0 Å². The minimum atomic E-state index is -1.16. The van der Waals surface area contributed by atoms with E-state index in [0.717, 1.165) is 5.56 Å². The lowest BCUT2D eigenvalue weighted by molar-refractivity contribution is -0.139. The average Bonchev–Trinajstić information content (AvgIpc) is 2.92. The number of carbonyl (C=O) groups is 2. The maximum Gasteiger partial charge on any atom is 0.408 e. The van der Waals surface area contributed by atoms with Crippen molar-refractivity contribution in [3.63, 3.8) is 0 Å². The van der Waals surface area contributed by atoms with Crippen molar-refractivity contribution in [2.45, 2.75) is 45.4 Å².